The predicted molar refractivity (Wildman–Crippen MR) is 84.9 cm³/mol. The van der Waals surface area contributed by atoms with Crippen LogP contribution in [-0.4, -0.2) is 43.2 Å². The van der Waals surface area contributed by atoms with Crippen LogP contribution in [0.3, 0.4) is 0 Å². The number of fused-ring (bicyclic) bond motifs is 2. The van der Waals surface area contributed by atoms with Gasteiger partial charge in [-0.25, -0.2) is 0 Å². The average molecular weight is 297 g/mol. The van der Waals surface area contributed by atoms with E-state index in [1.165, 1.54) is 37.9 Å². The van der Waals surface area contributed by atoms with Gasteiger partial charge in [0.15, 0.2) is 0 Å². The largest absolute Gasteiger partial charge is 0.492 e. The summed E-state index contributed by atoms with van der Waals surface area (Å²) < 4.78 is 5.85. The number of likely N-dealkylation sites (tertiary alicyclic amines) is 1. The van der Waals surface area contributed by atoms with Gasteiger partial charge in [0.2, 0.25) is 0 Å². The van der Waals surface area contributed by atoms with Gasteiger partial charge in [-0.3, -0.25) is 4.90 Å². The van der Waals surface area contributed by atoms with Crippen molar-refractivity contribution in [2.75, 3.05) is 26.2 Å². The normalized spacial score (nSPS) is 25.9. The Bertz CT molecular complexity index is 427. The smallest absolute Gasteiger partial charge is 0.119 e. The molecule has 3 rings (SSSR count). The molecule has 2 saturated heterocycles. The molecular formula is C16H25ClN2O. The average Bonchev–Trinajstić information content (AvgIpc) is 2.72. The lowest BCUT2D eigenvalue weighted by Crippen LogP contribution is -2.37. The van der Waals surface area contributed by atoms with E-state index >= 15 is 0 Å². The summed E-state index contributed by atoms with van der Waals surface area (Å²) in [6.45, 7) is 6.34. The molecule has 2 unspecified atom stereocenters. The Kier molecular flexibility index (Phi) is 5.70. The molecular weight excluding hydrogens is 272 g/mol. The molecule has 0 aromatic heterocycles. The van der Waals surface area contributed by atoms with Crippen molar-refractivity contribution in [3.63, 3.8) is 0 Å². The van der Waals surface area contributed by atoms with E-state index in [9.17, 15) is 0 Å². The lowest BCUT2D eigenvalue weighted by atomic mass is 10.1. The minimum Gasteiger partial charge on any atom is -0.492 e. The molecule has 4 heteroatoms. The maximum atomic E-state index is 5.85. The van der Waals surface area contributed by atoms with Crippen LogP contribution in [0.1, 0.15) is 24.8 Å². The second kappa shape index (κ2) is 7.30. The zero-order chi connectivity index (χ0) is 13.1. The number of nitrogens with one attached hydrogen (secondary N) is 1. The molecule has 0 saturated carbocycles. The van der Waals surface area contributed by atoms with Crippen molar-refractivity contribution in [1.82, 2.24) is 10.2 Å². The Balaban J connectivity index is 0.00000147. The Morgan fingerprint density at radius 3 is 2.95 bits per heavy atom. The molecule has 0 aliphatic carbocycles. The molecule has 0 spiro atoms. The van der Waals surface area contributed by atoms with Gasteiger partial charge in [-0.2, -0.15) is 0 Å². The fraction of sp³-hybridized carbons (Fsp3) is 0.625. The van der Waals surface area contributed by atoms with Crippen molar-refractivity contribution in [3.05, 3.63) is 29.8 Å². The number of ether oxygens (including phenoxy) is 1. The number of benzene rings is 1. The van der Waals surface area contributed by atoms with Gasteiger partial charge < -0.3 is 10.1 Å². The van der Waals surface area contributed by atoms with Gasteiger partial charge >= 0.3 is 0 Å². The summed E-state index contributed by atoms with van der Waals surface area (Å²) in [4.78, 5) is 2.55. The molecule has 2 atom stereocenters. The monoisotopic (exact) mass is 296 g/mol. The summed E-state index contributed by atoms with van der Waals surface area (Å²) in [7, 11) is 0. The molecule has 2 bridgehead atoms. The highest BCUT2D eigenvalue weighted by molar-refractivity contribution is 5.85. The zero-order valence-electron chi connectivity index (χ0n) is 12.2. The highest BCUT2D eigenvalue weighted by atomic mass is 35.5. The van der Waals surface area contributed by atoms with Gasteiger partial charge in [0.05, 0.1) is 0 Å². The standard InChI is InChI=1S/C16H24N2O.ClH/c1-13-3-2-4-16(11-13)19-10-9-18-8-7-14-5-6-15(12-18)17-14;/h2-4,11,14-15,17H,5-10,12H2,1H3;1H. The third-order valence-corrected chi connectivity index (χ3v) is 4.27. The lowest BCUT2D eigenvalue weighted by Gasteiger charge is -2.23. The summed E-state index contributed by atoms with van der Waals surface area (Å²) in [6.07, 6.45) is 4.01. The van der Waals surface area contributed by atoms with E-state index < -0.39 is 0 Å². The van der Waals surface area contributed by atoms with Crippen molar-refractivity contribution < 1.29 is 4.74 Å². The van der Waals surface area contributed by atoms with Crippen molar-refractivity contribution >= 4 is 12.4 Å². The second-order valence-corrected chi connectivity index (χ2v) is 5.89. The number of aryl methyl sites for hydroxylation is 1. The predicted octanol–water partition coefficient (Wildman–Crippen LogP) is 2.62. The van der Waals surface area contributed by atoms with Crippen LogP contribution in [0.25, 0.3) is 0 Å². The summed E-state index contributed by atoms with van der Waals surface area (Å²) in [5.74, 6) is 0.995. The molecule has 1 aromatic rings. The maximum absolute atomic E-state index is 5.85. The molecule has 2 aliphatic heterocycles. The first-order valence-corrected chi connectivity index (χ1v) is 7.47. The molecule has 2 aliphatic rings. The zero-order valence-corrected chi connectivity index (χ0v) is 13.0. The highest BCUT2D eigenvalue weighted by Crippen LogP contribution is 2.20. The van der Waals surface area contributed by atoms with Gasteiger partial charge in [0, 0.05) is 25.2 Å². The molecule has 0 amide bonds. The quantitative estimate of drug-likeness (QED) is 0.924. The first-order chi connectivity index (χ1) is 9.29. The van der Waals surface area contributed by atoms with Crippen LogP contribution in [0, 0.1) is 6.92 Å². The number of halogens is 1. The third-order valence-electron chi connectivity index (χ3n) is 4.27. The van der Waals surface area contributed by atoms with Crippen LogP contribution < -0.4 is 10.1 Å². The molecule has 20 heavy (non-hydrogen) atoms. The summed E-state index contributed by atoms with van der Waals surface area (Å²) >= 11 is 0. The number of hydrogen-bond acceptors (Lipinski definition) is 3. The van der Waals surface area contributed by atoms with E-state index in [1.54, 1.807) is 0 Å². The van der Waals surface area contributed by atoms with Crippen LogP contribution in [0.15, 0.2) is 24.3 Å². The lowest BCUT2D eigenvalue weighted by molar-refractivity contribution is 0.201. The van der Waals surface area contributed by atoms with E-state index in [4.69, 9.17) is 4.74 Å². The van der Waals surface area contributed by atoms with Gasteiger partial charge in [0.25, 0.3) is 0 Å². The first kappa shape index (κ1) is 15.6. The molecule has 0 radical (unpaired) electrons. The second-order valence-electron chi connectivity index (χ2n) is 5.89. The minimum absolute atomic E-state index is 0. The van der Waals surface area contributed by atoms with Crippen LogP contribution in [-0.2, 0) is 0 Å². The number of rotatable bonds is 4. The Labute approximate surface area is 128 Å². The van der Waals surface area contributed by atoms with Gasteiger partial charge in [-0.05, 0) is 50.4 Å². The van der Waals surface area contributed by atoms with E-state index in [0.717, 1.165) is 24.9 Å². The molecule has 1 aromatic carbocycles. The minimum atomic E-state index is 0. The Hall–Kier alpha value is -0.770. The van der Waals surface area contributed by atoms with E-state index in [2.05, 4.69) is 35.3 Å². The first-order valence-electron chi connectivity index (χ1n) is 7.47. The van der Waals surface area contributed by atoms with Crippen molar-refractivity contribution in [3.8, 4) is 5.75 Å². The fourth-order valence-corrected chi connectivity index (χ4v) is 3.22. The van der Waals surface area contributed by atoms with E-state index in [1.807, 2.05) is 6.07 Å². The summed E-state index contributed by atoms with van der Waals surface area (Å²) in [5, 5.41) is 3.72. The molecule has 2 heterocycles. The van der Waals surface area contributed by atoms with Crippen LogP contribution in [0.2, 0.25) is 0 Å². The molecule has 3 nitrogen and oxygen atoms in total. The number of hydrogen-bond donors (Lipinski definition) is 1. The van der Waals surface area contributed by atoms with Crippen LogP contribution in [0.4, 0.5) is 0 Å². The summed E-state index contributed by atoms with van der Waals surface area (Å²) in [5.41, 5.74) is 1.26. The van der Waals surface area contributed by atoms with Crippen molar-refractivity contribution in [1.29, 1.82) is 0 Å². The highest BCUT2D eigenvalue weighted by Gasteiger charge is 2.28. The molecule has 112 valence electrons. The van der Waals surface area contributed by atoms with E-state index in [0.29, 0.717) is 6.04 Å². The van der Waals surface area contributed by atoms with Crippen molar-refractivity contribution in [2.45, 2.75) is 38.3 Å². The van der Waals surface area contributed by atoms with Gasteiger partial charge in [-0.15, -0.1) is 12.4 Å². The van der Waals surface area contributed by atoms with Crippen molar-refractivity contribution in [2.24, 2.45) is 0 Å². The van der Waals surface area contributed by atoms with E-state index in [-0.39, 0.29) is 12.4 Å². The third kappa shape index (κ3) is 4.11. The van der Waals surface area contributed by atoms with Gasteiger partial charge in [-0.1, -0.05) is 12.1 Å². The fourth-order valence-electron chi connectivity index (χ4n) is 3.22. The summed E-state index contributed by atoms with van der Waals surface area (Å²) in [6, 6.07) is 9.79. The van der Waals surface area contributed by atoms with Crippen LogP contribution >= 0.6 is 12.4 Å². The topological polar surface area (TPSA) is 24.5 Å². The Morgan fingerprint density at radius 1 is 1.25 bits per heavy atom. The molecule has 2 fully saturated rings. The number of nitrogens with zero attached hydrogens (tertiary/aromatic N) is 1. The molecule has 1 N–H and O–H groups in total. The Morgan fingerprint density at radius 2 is 2.10 bits per heavy atom. The maximum Gasteiger partial charge on any atom is 0.119 e. The van der Waals surface area contributed by atoms with Crippen LogP contribution in [0.5, 0.6) is 5.75 Å². The SMILES string of the molecule is Cc1cccc(OCCN2CCC3CCC(C2)N3)c1.Cl. The van der Waals surface area contributed by atoms with Gasteiger partial charge in [0.1, 0.15) is 12.4 Å².